The highest BCUT2D eigenvalue weighted by atomic mass is 15.0. The van der Waals surface area contributed by atoms with Crippen LogP contribution in [0, 0.1) is 0 Å². The summed E-state index contributed by atoms with van der Waals surface area (Å²) < 4.78 is 2.47. The van der Waals surface area contributed by atoms with E-state index in [1.54, 1.807) is 0 Å². The maximum atomic E-state index is 2.47. The maximum absolute atomic E-state index is 2.47. The zero-order valence-electron chi connectivity index (χ0n) is 17.7. The predicted molar refractivity (Wildman–Crippen MR) is 127 cm³/mol. The van der Waals surface area contributed by atoms with Gasteiger partial charge in [-0.15, -0.1) is 0 Å². The van der Waals surface area contributed by atoms with Crippen LogP contribution in [0.1, 0.15) is 53.5 Å². The first-order valence-electron chi connectivity index (χ1n) is 11.2. The average Bonchev–Trinajstić information content (AvgIpc) is 3.12. The van der Waals surface area contributed by atoms with E-state index < -0.39 is 0 Å². The molecule has 2 atom stereocenters. The largest absolute Gasteiger partial charge is 0.347 e. The van der Waals surface area contributed by atoms with Gasteiger partial charge in [-0.2, -0.15) is 0 Å². The molecular formula is C29H29N. The molecule has 4 aromatic rings. The molecule has 0 N–H and O–H groups in total. The second-order valence-electron chi connectivity index (χ2n) is 8.49. The summed E-state index contributed by atoms with van der Waals surface area (Å²) in [5.74, 6) is 0.832. The van der Waals surface area contributed by atoms with Gasteiger partial charge in [0.05, 0.1) is 0 Å². The topological polar surface area (TPSA) is 4.93 Å². The number of benzene rings is 3. The molecule has 0 saturated heterocycles. The van der Waals surface area contributed by atoms with Crippen LogP contribution in [0.4, 0.5) is 0 Å². The number of nitrogens with zero attached hydrogens (tertiary/aromatic N) is 1. The molecule has 0 fully saturated rings. The van der Waals surface area contributed by atoms with E-state index in [4.69, 9.17) is 0 Å². The molecule has 1 heterocycles. The van der Waals surface area contributed by atoms with E-state index in [1.807, 2.05) is 0 Å². The van der Waals surface area contributed by atoms with Gasteiger partial charge in [0.25, 0.3) is 0 Å². The second-order valence-corrected chi connectivity index (χ2v) is 8.49. The van der Waals surface area contributed by atoms with E-state index in [0.717, 1.165) is 6.42 Å². The van der Waals surface area contributed by atoms with Gasteiger partial charge in [0.1, 0.15) is 0 Å². The lowest BCUT2D eigenvalue weighted by atomic mass is 9.81. The molecular weight excluding hydrogens is 362 g/mol. The number of hydrogen-bond donors (Lipinski definition) is 0. The van der Waals surface area contributed by atoms with Crippen molar-refractivity contribution < 1.29 is 0 Å². The normalized spacial score (nSPS) is 17.3. The van der Waals surface area contributed by atoms with Gasteiger partial charge in [-0.05, 0) is 48.4 Å². The van der Waals surface area contributed by atoms with Gasteiger partial charge in [-0.3, -0.25) is 0 Å². The molecule has 0 amide bonds. The van der Waals surface area contributed by atoms with E-state index in [0.29, 0.717) is 11.8 Å². The lowest BCUT2D eigenvalue weighted by Crippen LogP contribution is -2.14. The van der Waals surface area contributed by atoms with Crippen LogP contribution in [-0.2, 0) is 13.5 Å². The van der Waals surface area contributed by atoms with Crippen LogP contribution in [0.3, 0.4) is 0 Å². The standard InChI is InChI=1S/C29H29N/c1-30-27-20-12-11-19-25(27)28(24-17-9-4-10-18-24)29(30)26(23-15-7-3-8-16-23)21-22-13-5-2-6-14-22/h2-3,5-9,11-17,19-20,24,26H,4,10,18,21H2,1H3/t24-,26-/m1/s1. The Kier molecular flexibility index (Phi) is 5.27. The number of allylic oxidation sites excluding steroid dienone is 2. The highest BCUT2D eigenvalue weighted by Crippen LogP contribution is 2.42. The van der Waals surface area contributed by atoms with E-state index in [-0.39, 0.29) is 0 Å². The zero-order valence-corrected chi connectivity index (χ0v) is 17.7. The van der Waals surface area contributed by atoms with Gasteiger partial charge in [-0.1, -0.05) is 91.0 Å². The molecule has 1 aliphatic carbocycles. The molecule has 1 aromatic heterocycles. The molecule has 0 unspecified atom stereocenters. The van der Waals surface area contributed by atoms with Crippen LogP contribution in [0.2, 0.25) is 0 Å². The van der Waals surface area contributed by atoms with Gasteiger partial charge < -0.3 is 4.57 Å². The molecule has 1 nitrogen and oxygen atoms in total. The van der Waals surface area contributed by atoms with Crippen molar-refractivity contribution in [1.82, 2.24) is 4.57 Å². The first-order valence-corrected chi connectivity index (χ1v) is 11.2. The number of aryl methyl sites for hydroxylation is 1. The van der Waals surface area contributed by atoms with Crippen LogP contribution in [-0.4, -0.2) is 4.57 Å². The van der Waals surface area contributed by atoms with Crippen molar-refractivity contribution in [2.75, 3.05) is 0 Å². The zero-order chi connectivity index (χ0) is 20.3. The molecule has 150 valence electrons. The quantitative estimate of drug-likeness (QED) is 0.313. The van der Waals surface area contributed by atoms with Gasteiger partial charge in [0.15, 0.2) is 0 Å². The van der Waals surface area contributed by atoms with Crippen molar-refractivity contribution in [3.8, 4) is 0 Å². The summed E-state index contributed by atoms with van der Waals surface area (Å²) in [5, 5.41) is 1.42. The maximum Gasteiger partial charge on any atom is 0.0483 e. The highest BCUT2D eigenvalue weighted by Gasteiger charge is 2.28. The van der Waals surface area contributed by atoms with Crippen molar-refractivity contribution in [1.29, 1.82) is 0 Å². The van der Waals surface area contributed by atoms with Gasteiger partial charge in [0.2, 0.25) is 0 Å². The number of fused-ring (bicyclic) bond motifs is 1. The molecule has 5 rings (SSSR count). The first-order chi connectivity index (χ1) is 14.8. The third-order valence-electron chi connectivity index (χ3n) is 6.63. The summed E-state index contributed by atoms with van der Waals surface area (Å²) in [6, 6.07) is 31.0. The minimum atomic E-state index is 0.330. The summed E-state index contributed by atoms with van der Waals surface area (Å²) in [7, 11) is 2.26. The fraction of sp³-hybridized carbons (Fsp3) is 0.241. The lowest BCUT2D eigenvalue weighted by Gasteiger charge is -2.25. The minimum Gasteiger partial charge on any atom is -0.347 e. The predicted octanol–water partition coefficient (Wildman–Crippen LogP) is 7.38. The number of para-hydroxylation sites is 1. The molecule has 1 heteroatoms. The summed E-state index contributed by atoms with van der Waals surface area (Å²) in [6.07, 6.45) is 9.58. The van der Waals surface area contributed by atoms with Gasteiger partial charge >= 0.3 is 0 Å². The van der Waals surface area contributed by atoms with Crippen molar-refractivity contribution >= 4 is 10.9 Å². The lowest BCUT2D eigenvalue weighted by molar-refractivity contribution is 0.634. The fourth-order valence-electron chi connectivity index (χ4n) is 5.21. The molecule has 1 aliphatic rings. The van der Waals surface area contributed by atoms with Crippen molar-refractivity contribution in [3.05, 3.63) is 119 Å². The number of aromatic nitrogens is 1. The smallest absolute Gasteiger partial charge is 0.0483 e. The van der Waals surface area contributed by atoms with E-state index >= 15 is 0 Å². The van der Waals surface area contributed by atoms with Crippen molar-refractivity contribution in [2.24, 2.45) is 7.05 Å². The summed E-state index contributed by atoms with van der Waals surface area (Å²) >= 11 is 0. The van der Waals surface area contributed by atoms with Crippen LogP contribution in [0.25, 0.3) is 10.9 Å². The Morgan fingerprint density at radius 2 is 1.57 bits per heavy atom. The Morgan fingerprint density at radius 1 is 0.867 bits per heavy atom. The third-order valence-corrected chi connectivity index (χ3v) is 6.63. The Bertz CT molecular complexity index is 1150. The summed E-state index contributed by atoms with van der Waals surface area (Å²) in [6.45, 7) is 0. The SMILES string of the molecule is Cn1c([C@H](Cc2ccccc2)c2ccccc2)c([C@@H]2C=CCCC2)c2ccccc21. The molecule has 0 aliphatic heterocycles. The minimum absolute atomic E-state index is 0.330. The molecule has 0 saturated carbocycles. The molecule has 30 heavy (non-hydrogen) atoms. The van der Waals surface area contributed by atoms with Crippen molar-refractivity contribution in [2.45, 2.75) is 37.5 Å². The number of hydrogen-bond acceptors (Lipinski definition) is 0. The Hall–Kier alpha value is -3.06. The molecule has 3 aromatic carbocycles. The molecule has 0 spiro atoms. The van der Waals surface area contributed by atoms with E-state index in [9.17, 15) is 0 Å². The van der Waals surface area contributed by atoms with Crippen molar-refractivity contribution in [3.63, 3.8) is 0 Å². The summed E-state index contributed by atoms with van der Waals surface area (Å²) in [4.78, 5) is 0. The fourth-order valence-corrected chi connectivity index (χ4v) is 5.21. The second kappa shape index (κ2) is 8.36. The molecule has 0 bridgehead atoms. The molecule has 0 radical (unpaired) electrons. The van der Waals surface area contributed by atoms with Gasteiger partial charge in [-0.25, -0.2) is 0 Å². The van der Waals surface area contributed by atoms with E-state index in [1.165, 1.54) is 52.5 Å². The first kappa shape index (κ1) is 18.9. The third kappa shape index (κ3) is 3.50. The Labute approximate surface area is 179 Å². The van der Waals surface area contributed by atoms with Gasteiger partial charge in [0, 0.05) is 35.5 Å². The number of rotatable bonds is 5. The average molecular weight is 392 g/mol. The Morgan fingerprint density at radius 3 is 2.30 bits per heavy atom. The van der Waals surface area contributed by atoms with E-state index in [2.05, 4.69) is 109 Å². The highest BCUT2D eigenvalue weighted by molar-refractivity contribution is 5.87. The van der Waals surface area contributed by atoms with Crippen LogP contribution < -0.4 is 0 Å². The summed E-state index contributed by atoms with van der Waals surface area (Å²) in [5.41, 5.74) is 7.14. The van der Waals surface area contributed by atoms with Crippen LogP contribution in [0.5, 0.6) is 0 Å². The van der Waals surface area contributed by atoms with Crippen LogP contribution >= 0.6 is 0 Å². The van der Waals surface area contributed by atoms with Crippen LogP contribution in [0.15, 0.2) is 97.1 Å². The monoisotopic (exact) mass is 391 g/mol. The Balaban J connectivity index is 1.74.